The van der Waals surface area contributed by atoms with Gasteiger partial charge in [-0.15, -0.1) is 0 Å². The second-order valence-electron chi connectivity index (χ2n) is 14.4. The van der Waals surface area contributed by atoms with E-state index in [0.717, 1.165) is 60.5 Å². The van der Waals surface area contributed by atoms with Gasteiger partial charge in [0.25, 0.3) is 0 Å². The Bertz CT molecular complexity index is 3270. The van der Waals surface area contributed by atoms with Crippen LogP contribution in [0.4, 0.5) is 0 Å². The third-order valence-corrected chi connectivity index (χ3v) is 10.9. The van der Waals surface area contributed by atoms with E-state index in [1.807, 2.05) is 42.5 Å². The van der Waals surface area contributed by atoms with Crippen LogP contribution >= 0.6 is 0 Å². The van der Waals surface area contributed by atoms with E-state index in [1.165, 1.54) is 33.0 Å². The second kappa shape index (κ2) is 13.6. The Labute approximate surface area is 329 Å². The minimum Gasteiger partial charge on any atom is -0.456 e. The molecule has 2 heterocycles. The first kappa shape index (κ1) is 32.7. The third-order valence-electron chi connectivity index (χ3n) is 10.9. The zero-order valence-electron chi connectivity index (χ0n) is 30.8. The Kier molecular flexibility index (Phi) is 7.78. The predicted molar refractivity (Wildman–Crippen MR) is 235 cm³/mol. The summed E-state index contributed by atoms with van der Waals surface area (Å²) < 4.78 is 6.58. The number of benzene rings is 9. The van der Waals surface area contributed by atoms with Gasteiger partial charge in [0.15, 0.2) is 17.5 Å². The highest BCUT2D eigenvalue weighted by Gasteiger charge is 2.17. The summed E-state index contributed by atoms with van der Waals surface area (Å²) in [5, 5.41) is 6.93. The first-order valence-electron chi connectivity index (χ1n) is 19.2. The lowest BCUT2D eigenvalue weighted by Crippen LogP contribution is -2.00. The maximum Gasteiger partial charge on any atom is 0.164 e. The fourth-order valence-corrected chi connectivity index (χ4v) is 8.14. The van der Waals surface area contributed by atoms with Crippen LogP contribution in [0.1, 0.15) is 0 Å². The Hall–Kier alpha value is -7.69. The largest absolute Gasteiger partial charge is 0.456 e. The molecule has 0 atom stereocenters. The first-order valence-corrected chi connectivity index (χ1v) is 19.2. The Morgan fingerprint density at radius 2 is 0.772 bits per heavy atom. The highest BCUT2D eigenvalue weighted by molar-refractivity contribution is 6.13. The summed E-state index contributed by atoms with van der Waals surface area (Å²) in [5.41, 5.74) is 11.3. The fraction of sp³-hybridized carbons (Fsp3) is 0. The summed E-state index contributed by atoms with van der Waals surface area (Å²) in [6.07, 6.45) is 0. The van der Waals surface area contributed by atoms with Crippen molar-refractivity contribution in [2.45, 2.75) is 0 Å². The van der Waals surface area contributed by atoms with Crippen LogP contribution in [0.15, 0.2) is 205 Å². The number of fused-ring (bicyclic) bond motifs is 5. The molecule has 4 heteroatoms. The van der Waals surface area contributed by atoms with Crippen molar-refractivity contribution in [3.05, 3.63) is 200 Å². The van der Waals surface area contributed by atoms with Gasteiger partial charge in [-0.1, -0.05) is 176 Å². The van der Waals surface area contributed by atoms with Crippen molar-refractivity contribution in [2.24, 2.45) is 0 Å². The van der Waals surface area contributed by atoms with Crippen LogP contribution in [0.5, 0.6) is 0 Å². The molecule has 0 unspecified atom stereocenters. The van der Waals surface area contributed by atoms with Crippen molar-refractivity contribution < 1.29 is 4.42 Å². The topological polar surface area (TPSA) is 51.8 Å². The summed E-state index contributed by atoms with van der Waals surface area (Å²) in [7, 11) is 0. The van der Waals surface area contributed by atoms with Crippen molar-refractivity contribution in [3.63, 3.8) is 0 Å². The molecule has 9 aromatic carbocycles. The van der Waals surface area contributed by atoms with Gasteiger partial charge in [0, 0.05) is 27.5 Å². The molecule has 57 heavy (non-hydrogen) atoms. The summed E-state index contributed by atoms with van der Waals surface area (Å²) in [6.45, 7) is 0. The molecule has 4 nitrogen and oxygen atoms in total. The van der Waals surface area contributed by atoms with Crippen LogP contribution in [0.25, 0.3) is 111 Å². The highest BCUT2D eigenvalue weighted by atomic mass is 16.3. The molecule has 0 N–H and O–H groups in total. The van der Waals surface area contributed by atoms with E-state index in [9.17, 15) is 0 Å². The lowest BCUT2D eigenvalue weighted by Gasteiger charge is -2.11. The average Bonchev–Trinajstić information content (AvgIpc) is 3.67. The van der Waals surface area contributed by atoms with Gasteiger partial charge < -0.3 is 4.42 Å². The maximum atomic E-state index is 6.58. The number of furan rings is 1. The molecule has 0 saturated carbocycles. The standard InChI is InChI=1S/C53H33N3O/c1-3-12-34(13-4-1)44-21-10-18-36-28-29-40(32-47(36)44)52-54-51(39-15-5-2-6-16-39)55-53(56-52)41-30-31-46-49(33-41)57-48-23-11-22-45(50(46)48)38-26-24-37(25-27-38)43-20-9-17-35-14-7-8-19-42(35)43/h1-33H. The molecule has 0 amide bonds. The van der Waals surface area contributed by atoms with E-state index < -0.39 is 0 Å². The number of rotatable bonds is 6. The predicted octanol–water partition coefficient (Wildman–Crippen LogP) is 14.1. The molecular formula is C53H33N3O. The first-order chi connectivity index (χ1) is 28.2. The van der Waals surface area contributed by atoms with Crippen LogP contribution in [0.3, 0.4) is 0 Å². The van der Waals surface area contributed by atoms with Gasteiger partial charge >= 0.3 is 0 Å². The monoisotopic (exact) mass is 727 g/mol. The molecule has 0 aliphatic heterocycles. The van der Waals surface area contributed by atoms with E-state index in [0.29, 0.717) is 17.5 Å². The summed E-state index contributed by atoms with van der Waals surface area (Å²) in [4.78, 5) is 15.2. The molecule has 2 aromatic heterocycles. The quantitative estimate of drug-likeness (QED) is 0.171. The SMILES string of the molecule is c1ccc(-c2nc(-c3ccc4c(c3)oc3cccc(-c5ccc(-c6cccc7ccccc67)cc5)c34)nc(-c3ccc4cccc(-c5ccccc5)c4c3)n2)cc1. The molecule has 0 aliphatic rings. The van der Waals surface area contributed by atoms with Crippen molar-refractivity contribution >= 4 is 43.5 Å². The van der Waals surface area contributed by atoms with Gasteiger partial charge in [0.2, 0.25) is 0 Å². The number of aromatic nitrogens is 3. The normalized spacial score (nSPS) is 11.5. The van der Waals surface area contributed by atoms with Gasteiger partial charge in [0.1, 0.15) is 11.2 Å². The molecule has 0 spiro atoms. The molecule has 0 saturated heterocycles. The van der Waals surface area contributed by atoms with E-state index in [1.54, 1.807) is 0 Å². The Morgan fingerprint density at radius 3 is 1.51 bits per heavy atom. The molecule has 266 valence electrons. The zero-order chi connectivity index (χ0) is 37.7. The van der Waals surface area contributed by atoms with Crippen LogP contribution < -0.4 is 0 Å². The molecule has 11 rings (SSSR count). The molecular weight excluding hydrogens is 695 g/mol. The van der Waals surface area contributed by atoms with Gasteiger partial charge in [-0.3, -0.25) is 0 Å². The van der Waals surface area contributed by atoms with Crippen LogP contribution in [-0.2, 0) is 0 Å². The second-order valence-corrected chi connectivity index (χ2v) is 14.4. The third kappa shape index (κ3) is 5.83. The molecule has 0 radical (unpaired) electrons. The van der Waals surface area contributed by atoms with Crippen LogP contribution in [-0.4, -0.2) is 15.0 Å². The fourth-order valence-electron chi connectivity index (χ4n) is 8.14. The molecule has 0 fully saturated rings. The molecule has 0 aliphatic carbocycles. The highest BCUT2D eigenvalue weighted by Crippen LogP contribution is 2.40. The lowest BCUT2D eigenvalue weighted by molar-refractivity contribution is 0.669. The minimum absolute atomic E-state index is 0.585. The summed E-state index contributed by atoms with van der Waals surface area (Å²) in [5.74, 6) is 1.82. The van der Waals surface area contributed by atoms with Crippen LogP contribution in [0.2, 0.25) is 0 Å². The summed E-state index contributed by atoms with van der Waals surface area (Å²) in [6, 6.07) is 70.0. The molecule has 0 bridgehead atoms. The van der Waals surface area contributed by atoms with E-state index >= 15 is 0 Å². The van der Waals surface area contributed by atoms with Crippen molar-refractivity contribution in [3.8, 4) is 67.5 Å². The number of nitrogens with zero attached hydrogens (tertiary/aromatic N) is 3. The van der Waals surface area contributed by atoms with Gasteiger partial charge in [-0.2, -0.15) is 0 Å². The zero-order valence-corrected chi connectivity index (χ0v) is 30.8. The van der Waals surface area contributed by atoms with Crippen LogP contribution in [0, 0.1) is 0 Å². The number of hydrogen-bond donors (Lipinski definition) is 0. The van der Waals surface area contributed by atoms with Gasteiger partial charge in [0.05, 0.1) is 0 Å². The molecule has 11 aromatic rings. The minimum atomic E-state index is 0.585. The maximum absolute atomic E-state index is 6.58. The Balaban J connectivity index is 1.01. The summed E-state index contributed by atoms with van der Waals surface area (Å²) >= 11 is 0. The Morgan fingerprint density at radius 1 is 0.281 bits per heavy atom. The van der Waals surface area contributed by atoms with Gasteiger partial charge in [-0.05, 0) is 79.2 Å². The van der Waals surface area contributed by atoms with Crippen molar-refractivity contribution in [1.29, 1.82) is 0 Å². The number of hydrogen-bond acceptors (Lipinski definition) is 4. The van der Waals surface area contributed by atoms with E-state index in [-0.39, 0.29) is 0 Å². The van der Waals surface area contributed by atoms with Gasteiger partial charge in [-0.25, -0.2) is 15.0 Å². The average molecular weight is 728 g/mol. The van der Waals surface area contributed by atoms with E-state index in [2.05, 4.69) is 158 Å². The lowest BCUT2D eigenvalue weighted by atomic mass is 9.94. The van der Waals surface area contributed by atoms with E-state index in [4.69, 9.17) is 19.4 Å². The smallest absolute Gasteiger partial charge is 0.164 e. The van der Waals surface area contributed by atoms with Crippen molar-refractivity contribution in [1.82, 2.24) is 15.0 Å². The van der Waals surface area contributed by atoms with Crippen molar-refractivity contribution in [2.75, 3.05) is 0 Å².